The topological polar surface area (TPSA) is 35.0 Å². The molecular formula is C24H16F8N2O. The van der Waals surface area contributed by atoms with Gasteiger partial charge >= 0.3 is 6.11 Å². The summed E-state index contributed by atoms with van der Waals surface area (Å²) in [6.07, 6.45) is -1.28. The molecule has 0 bridgehead atoms. The first kappa shape index (κ1) is 25.9. The largest absolute Gasteiger partial charge is 0.462 e. The Morgan fingerprint density at radius 1 is 0.971 bits per heavy atom. The van der Waals surface area contributed by atoms with E-state index >= 15 is 0 Å². The number of rotatable bonds is 9. The highest BCUT2D eigenvalue weighted by Gasteiger charge is 2.39. The summed E-state index contributed by atoms with van der Waals surface area (Å²) in [6.45, 7) is 1.92. The van der Waals surface area contributed by atoms with Crippen molar-refractivity contribution in [3.05, 3.63) is 95.6 Å². The molecule has 0 saturated carbocycles. The van der Waals surface area contributed by atoms with Gasteiger partial charge < -0.3 is 4.74 Å². The van der Waals surface area contributed by atoms with Crippen LogP contribution < -0.4 is 4.74 Å². The Bertz CT molecular complexity index is 1240. The monoisotopic (exact) mass is 500 g/mol. The molecule has 184 valence electrons. The van der Waals surface area contributed by atoms with Gasteiger partial charge in [-0.1, -0.05) is 18.2 Å². The number of hydrogen-bond acceptors (Lipinski definition) is 3. The molecule has 35 heavy (non-hydrogen) atoms. The van der Waals surface area contributed by atoms with Crippen molar-refractivity contribution >= 4 is 5.83 Å². The zero-order valence-corrected chi connectivity index (χ0v) is 17.8. The highest BCUT2D eigenvalue weighted by Crippen LogP contribution is 2.33. The van der Waals surface area contributed by atoms with Crippen molar-refractivity contribution in [3.8, 4) is 16.9 Å². The van der Waals surface area contributed by atoms with E-state index in [1.54, 1.807) is 0 Å². The molecule has 3 aromatic rings. The summed E-state index contributed by atoms with van der Waals surface area (Å²) in [6, 6.07) is 3.68. The molecule has 0 aliphatic heterocycles. The van der Waals surface area contributed by atoms with Gasteiger partial charge in [0, 0.05) is 47.6 Å². The minimum atomic E-state index is -4.26. The molecule has 1 aromatic heterocycles. The lowest BCUT2D eigenvalue weighted by atomic mass is 10.0. The normalized spacial score (nSPS) is 12.3. The van der Waals surface area contributed by atoms with E-state index in [2.05, 4.69) is 21.3 Å². The second-order valence-corrected chi connectivity index (χ2v) is 7.15. The van der Waals surface area contributed by atoms with Crippen LogP contribution >= 0.6 is 0 Å². The van der Waals surface area contributed by atoms with Gasteiger partial charge in [0.25, 0.3) is 0 Å². The summed E-state index contributed by atoms with van der Waals surface area (Å²) < 4.78 is 115. The molecular weight excluding hydrogens is 484 g/mol. The molecule has 0 atom stereocenters. The van der Waals surface area contributed by atoms with Gasteiger partial charge in [-0.3, -0.25) is 0 Å². The van der Waals surface area contributed by atoms with Crippen LogP contribution in [-0.4, -0.2) is 9.97 Å². The first-order valence-electron chi connectivity index (χ1n) is 9.96. The fourth-order valence-electron chi connectivity index (χ4n) is 2.96. The van der Waals surface area contributed by atoms with Gasteiger partial charge in [-0.2, -0.15) is 8.78 Å². The van der Waals surface area contributed by atoms with E-state index in [-0.39, 0.29) is 29.5 Å². The molecule has 0 amide bonds. The molecule has 0 spiro atoms. The van der Waals surface area contributed by atoms with Crippen LogP contribution in [0.15, 0.2) is 61.2 Å². The van der Waals surface area contributed by atoms with Crippen LogP contribution in [-0.2, 0) is 12.8 Å². The predicted molar refractivity (Wildman–Crippen MR) is 112 cm³/mol. The average molecular weight is 500 g/mol. The molecule has 0 N–H and O–H groups in total. The molecule has 0 aliphatic rings. The highest BCUT2D eigenvalue weighted by atomic mass is 19.3. The van der Waals surface area contributed by atoms with Crippen molar-refractivity contribution in [2.75, 3.05) is 0 Å². The Morgan fingerprint density at radius 3 is 2.14 bits per heavy atom. The van der Waals surface area contributed by atoms with Crippen LogP contribution in [0, 0.1) is 17.5 Å². The number of nitrogens with zero attached hydrogens (tertiary/aromatic N) is 2. The lowest BCUT2D eigenvalue weighted by Crippen LogP contribution is -2.25. The summed E-state index contributed by atoms with van der Waals surface area (Å²) in [7, 11) is 0. The van der Waals surface area contributed by atoms with Crippen LogP contribution in [0.3, 0.4) is 0 Å². The van der Waals surface area contributed by atoms with Gasteiger partial charge in [0.1, 0.15) is 35.7 Å². The Hall–Kier alpha value is -3.76. The fourth-order valence-corrected chi connectivity index (χ4v) is 2.96. The van der Waals surface area contributed by atoms with E-state index in [0.717, 1.165) is 30.6 Å². The molecule has 2 aromatic carbocycles. The van der Waals surface area contributed by atoms with E-state index in [1.807, 2.05) is 0 Å². The first-order valence-corrected chi connectivity index (χ1v) is 9.96. The second-order valence-electron chi connectivity index (χ2n) is 7.15. The van der Waals surface area contributed by atoms with E-state index < -0.39 is 59.0 Å². The minimum Gasteiger partial charge on any atom is -0.426 e. The standard InChI is InChI=1S/C24H16F8N2O/c1-2-3-4-18(26)22(30)13-5-6-16(19(27)7-13)14-11-33-23(34-12-14)24(31,32)35-15-8-20(28)17(10-25)21(29)9-15/h2,5-9,11-12H,1,3-4,10H2/b22-18+. The third-order valence-electron chi connectivity index (χ3n) is 4.75. The molecule has 11 heteroatoms. The van der Waals surface area contributed by atoms with Crippen molar-refractivity contribution in [3.63, 3.8) is 0 Å². The molecule has 0 aliphatic carbocycles. The van der Waals surface area contributed by atoms with Crippen molar-refractivity contribution in [2.24, 2.45) is 0 Å². The number of halogens is 8. The number of aromatic nitrogens is 2. The number of alkyl halides is 3. The maximum Gasteiger partial charge on any atom is 0.462 e. The Balaban J connectivity index is 1.82. The number of allylic oxidation sites excluding steroid dienone is 2. The highest BCUT2D eigenvalue weighted by molar-refractivity contribution is 5.68. The van der Waals surface area contributed by atoms with Gasteiger partial charge in [-0.05, 0) is 12.5 Å². The first-order chi connectivity index (χ1) is 16.6. The third kappa shape index (κ3) is 5.84. The fraction of sp³-hybridized carbons (Fsp3) is 0.167. The Kier molecular flexibility index (Phi) is 7.88. The summed E-state index contributed by atoms with van der Waals surface area (Å²) in [5.74, 6) is -8.30. The van der Waals surface area contributed by atoms with Crippen LogP contribution in [0.5, 0.6) is 5.75 Å². The lowest BCUT2D eigenvalue weighted by Gasteiger charge is -2.17. The van der Waals surface area contributed by atoms with Gasteiger partial charge in [-0.25, -0.2) is 36.3 Å². The maximum absolute atomic E-state index is 14.5. The van der Waals surface area contributed by atoms with E-state index in [1.165, 1.54) is 6.08 Å². The summed E-state index contributed by atoms with van der Waals surface area (Å²) >= 11 is 0. The van der Waals surface area contributed by atoms with Crippen LogP contribution in [0.25, 0.3) is 17.0 Å². The summed E-state index contributed by atoms with van der Waals surface area (Å²) in [5, 5.41) is 0. The van der Waals surface area contributed by atoms with Gasteiger partial charge in [0.2, 0.25) is 5.82 Å². The zero-order valence-electron chi connectivity index (χ0n) is 17.8. The van der Waals surface area contributed by atoms with Crippen molar-refractivity contribution in [2.45, 2.75) is 25.6 Å². The van der Waals surface area contributed by atoms with Crippen LogP contribution in [0.4, 0.5) is 35.1 Å². The van der Waals surface area contributed by atoms with E-state index in [4.69, 9.17) is 0 Å². The molecule has 1 heterocycles. The van der Waals surface area contributed by atoms with Crippen molar-refractivity contribution in [1.29, 1.82) is 0 Å². The van der Waals surface area contributed by atoms with Gasteiger partial charge in [-0.15, -0.1) is 6.58 Å². The van der Waals surface area contributed by atoms with Crippen molar-refractivity contribution in [1.82, 2.24) is 9.97 Å². The second kappa shape index (κ2) is 10.7. The maximum atomic E-state index is 14.5. The summed E-state index contributed by atoms with van der Waals surface area (Å²) in [5.41, 5.74) is -1.56. The average Bonchev–Trinajstić information content (AvgIpc) is 2.81. The van der Waals surface area contributed by atoms with Gasteiger partial charge in [0.15, 0.2) is 5.83 Å². The zero-order chi connectivity index (χ0) is 25.8. The van der Waals surface area contributed by atoms with Crippen LogP contribution in [0.1, 0.15) is 29.8 Å². The molecule has 0 saturated heterocycles. The molecule has 0 fully saturated rings. The Labute approximate surface area is 194 Å². The van der Waals surface area contributed by atoms with Crippen molar-refractivity contribution < 1.29 is 39.9 Å². The Morgan fingerprint density at radius 2 is 1.60 bits per heavy atom. The minimum absolute atomic E-state index is 0.0745. The molecule has 3 nitrogen and oxygen atoms in total. The molecule has 3 rings (SSSR count). The third-order valence-corrected chi connectivity index (χ3v) is 4.75. The number of benzene rings is 2. The molecule has 0 unspecified atom stereocenters. The predicted octanol–water partition coefficient (Wildman–Crippen LogP) is 7.73. The number of hydrogen-bond donors (Lipinski definition) is 0. The van der Waals surface area contributed by atoms with Crippen LogP contribution in [0.2, 0.25) is 0 Å². The van der Waals surface area contributed by atoms with E-state index in [0.29, 0.717) is 12.1 Å². The lowest BCUT2D eigenvalue weighted by molar-refractivity contribution is -0.192. The number of ether oxygens (including phenoxy) is 1. The summed E-state index contributed by atoms with van der Waals surface area (Å²) in [4.78, 5) is 6.82. The van der Waals surface area contributed by atoms with Gasteiger partial charge in [0.05, 0.1) is 5.56 Å². The molecule has 0 radical (unpaired) electrons. The van der Waals surface area contributed by atoms with E-state index in [9.17, 15) is 35.1 Å². The smallest absolute Gasteiger partial charge is 0.426 e. The quantitative estimate of drug-likeness (QED) is 0.223. The SMILES string of the molecule is C=CCC/C(F)=C(\F)c1ccc(-c2cnc(C(F)(F)Oc3cc(F)c(CF)c(F)c3)nc2)c(F)c1.